The standard InChI is InChI=1S/C8H9F2NO/c1-8(9,10)6-3-4-7(12)11(2)5-6/h3-5H,1-2H3. The highest BCUT2D eigenvalue weighted by Crippen LogP contribution is 2.25. The van der Waals surface area contributed by atoms with Crippen LogP contribution in [0.3, 0.4) is 0 Å². The first kappa shape index (κ1) is 8.90. The molecule has 1 rings (SSSR count). The molecule has 0 unspecified atom stereocenters. The SMILES string of the molecule is Cn1cc(C(C)(F)F)ccc1=O. The van der Waals surface area contributed by atoms with Crippen LogP contribution in [0.2, 0.25) is 0 Å². The van der Waals surface area contributed by atoms with Crippen molar-refractivity contribution in [2.45, 2.75) is 12.8 Å². The van der Waals surface area contributed by atoms with Crippen molar-refractivity contribution in [3.05, 3.63) is 34.2 Å². The molecule has 0 saturated carbocycles. The van der Waals surface area contributed by atoms with E-state index in [0.29, 0.717) is 0 Å². The highest BCUT2D eigenvalue weighted by atomic mass is 19.3. The lowest BCUT2D eigenvalue weighted by Gasteiger charge is -2.10. The van der Waals surface area contributed by atoms with Gasteiger partial charge in [0.1, 0.15) is 0 Å². The number of aromatic nitrogens is 1. The number of halogens is 2. The molecular weight excluding hydrogens is 164 g/mol. The first-order valence-corrected chi connectivity index (χ1v) is 3.46. The van der Waals surface area contributed by atoms with Crippen molar-refractivity contribution >= 4 is 0 Å². The van der Waals surface area contributed by atoms with Gasteiger partial charge in [0.2, 0.25) is 5.56 Å². The Kier molecular flexibility index (Phi) is 2.00. The van der Waals surface area contributed by atoms with Gasteiger partial charge < -0.3 is 4.57 Å². The zero-order valence-electron chi connectivity index (χ0n) is 6.84. The van der Waals surface area contributed by atoms with Crippen LogP contribution in [0.25, 0.3) is 0 Å². The highest BCUT2D eigenvalue weighted by molar-refractivity contribution is 5.14. The zero-order valence-corrected chi connectivity index (χ0v) is 6.84. The van der Waals surface area contributed by atoms with Gasteiger partial charge in [0, 0.05) is 31.8 Å². The summed E-state index contributed by atoms with van der Waals surface area (Å²) in [6.45, 7) is 0.798. The smallest absolute Gasteiger partial charge is 0.271 e. The molecule has 2 nitrogen and oxygen atoms in total. The van der Waals surface area contributed by atoms with E-state index in [0.717, 1.165) is 29.8 Å². The molecule has 1 aromatic heterocycles. The number of pyridine rings is 1. The summed E-state index contributed by atoms with van der Waals surface area (Å²) in [7, 11) is 1.44. The predicted octanol–water partition coefficient (Wildman–Crippen LogP) is 1.50. The van der Waals surface area contributed by atoms with Gasteiger partial charge in [0.25, 0.3) is 5.92 Å². The van der Waals surface area contributed by atoms with Crippen LogP contribution in [0.5, 0.6) is 0 Å². The van der Waals surface area contributed by atoms with Crippen molar-refractivity contribution in [2.24, 2.45) is 7.05 Å². The predicted molar refractivity (Wildman–Crippen MR) is 41.3 cm³/mol. The van der Waals surface area contributed by atoms with Crippen LogP contribution < -0.4 is 5.56 Å². The third kappa shape index (κ3) is 1.69. The summed E-state index contributed by atoms with van der Waals surface area (Å²) >= 11 is 0. The van der Waals surface area contributed by atoms with Gasteiger partial charge in [-0.15, -0.1) is 0 Å². The Morgan fingerprint density at radius 2 is 2.00 bits per heavy atom. The molecule has 0 aliphatic rings. The lowest BCUT2D eigenvalue weighted by Crippen LogP contribution is -2.18. The quantitative estimate of drug-likeness (QED) is 0.630. The molecule has 12 heavy (non-hydrogen) atoms. The highest BCUT2D eigenvalue weighted by Gasteiger charge is 2.24. The molecule has 0 spiro atoms. The number of hydrogen-bond acceptors (Lipinski definition) is 1. The van der Waals surface area contributed by atoms with E-state index in [1.165, 1.54) is 7.05 Å². The summed E-state index contributed by atoms with van der Waals surface area (Å²) in [4.78, 5) is 10.8. The molecule has 0 amide bonds. The van der Waals surface area contributed by atoms with E-state index in [1.54, 1.807) is 0 Å². The van der Waals surface area contributed by atoms with Crippen molar-refractivity contribution in [1.29, 1.82) is 0 Å². The fourth-order valence-corrected chi connectivity index (χ4v) is 0.854. The number of nitrogens with zero attached hydrogens (tertiary/aromatic N) is 1. The average molecular weight is 173 g/mol. The van der Waals surface area contributed by atoms with E-state index >= 15 is 0 Å². The van der Waals surface area contributed by atoms with E-state index in [2.05, 4.69) is 0 Å². The molecule has 1 heterocycles. The first-order chi connectivity index (χ1) is 5.41. The van der Waals surface area contributed by atoms with E-state index in [1.807, 2.05) is 0 Å². The van der Waals surface area contributed by atoms with Gasteiger partial charge in [0.05, 0.1) is 0 Å². The van der Waals surface area contributed by atoms with E-state index in [-0.39, 0.29) is 11.1 Å². The summed E-state index contributed by atoms with van der Waals surface area (Å²) in [5, 5.41) is 0. The van der Waals surface area contributed by atoms with Crippen molar-refractivity contribution in [3.8, 4) is 0 Å². The number of alkyl halides is 2. The molecular formula is C8H9F2NO. The molecule has 0 aromatic carbocycles. The van der Waals surface area contributed by atoms with Gasteiger partial charge in [0.15, 0.2) is 0 Å². The Morgan fingerprint density at radius 1 is 1.42 bits per heavy atom. The van der Waals surface area contributed by atoms with E-state index in [9.17, 15) is 13.6 Å². The van der Waals surface area contributed by atoms with Gasteiger partial charge >= 0.3 is 0 Å². The Balaban J connectivity index is 3.23. The first-order valence-electron chi connectivity index (χ1n) is 3.46. The molecule has 0 aliphatic heterocycles. The molecule has 0 bridgehead atoms. The van der Waals surface area contributed by atoms with Crippen molar-refractivity contribution in [1.82, 2.24) is 4.57 Å². The third-order valence-corrected chi connectivity index (χ3v) is 1.59. The number of aryl methyl sites for hydroxylation is 1. The molecule has 4 heteroatoms. The summed E-state index contributed by atoms with van der Waals surface area (Å²) in [6.07, 6.45) is 1.14. The topological polar surface area (TPSA) is 22.0 Å². The molecule has 0 N–H and O–H groups in total. The van der Waals surface area contributed by atoms with Crippen LogP contribution in [0.4, 0.5) is 8.78 Å². The largest absolute Gasteiger partial charge is 0.318 e. The maximum absolute atomic E-state index is 12.7. The van der Waals surface area contributed by atoms with E-state index < -0.39 is 5.92 Å². The van der Waals surface area contributed by atoms with Crippen LogP contribution in [-0.4, -0.2) is 4.57 Å². The number of hydrogen-bond donors (Lipinski definition) is 0. The van der Waals surface area contributed by atoms with E-state index in [4.69, 9.17) is 0 Å². The minimum Gasteiger partial charge on any atom is -0.318 e. The monoisotopic (exact) mass is 173 g/mol. The summed E-state index contributed by atoms with van der Waals surface area (Å²) in [5.41, 5.74) is -0.437. The van der Waals surface area contributed by atoms with Gasteiger partial charge in [-0.25, -0.2) is 8.78 Å². The third-order valence-electron chi connectivity index (χ3n) is 1.59. The summed E-state index contributed by atoms with van der Waals surface area (Å²) < 4.78 is 26.4. The molecule has 1 aromatic rings. The normalized spacial score (nSPS) is 11.7. The molecule has 0 radical (unpaired) electrons. The van der Waals surface area contributed by atoms with Crippen LogP contribution in [-0.2, 0) is 13.0 Å². The van der Waals surface area contributed by atoms with Crippen LogP contribution >= 0.6 is 0 Å². The fraction of sp³-hybridized carbons (Fsp3) is 0.375. The van der Waals surface area contributed by atoms with Gasteiger partial charge in [-0.3, -0.25) is 4.79 Å². The molecule has 66 valence electrons. The second-order valence-electron chi connectivity index (χ2n) is 2.76. The summed E-state index contributed by atoms with van der Waals surface area (Å²) in [6, 6.07) is 2.27. The minimum atomic E-state index is -2.88. The second kappa shape index (κ2) is 2.69. The lowest BCUT2D eigenvalue weighted by atomic mass is 10.2. The summed E-state index contributed by atoms with van der Waals surface area (Å²) in [5.74, 6) is -2.88. The fourth-order valence-electron chi connectivity index (χ4n) is 0.854. The van der Waals surface area contributed by atoms with Crippen molar-refractivity contribution < 1.29 is 8.78 Å². The van der Waals surface area contributed by atoms with Crippen LogP contribution in [0.15, 0.2) is 23.1 Å². The van der Waals surface area contributed by atoms with Crippen LogP contribution in [0.1, 0.15) is 12.5 Å². The zero-order chi connectivity index (χ0) is 9.35. The number of rotatable bonds is 1. The van der Waals surface area contributed by atoms with Gasteiger partial charge in [-0.1, -0.05) is 0 Å². The Morgan fingerprint density at radius 3 is 2.42 bits per heavy atom. The maximum atomic E-state index is 12.7. The minimum absolute atomic E-state index is 0.149. The Hall–Kier alpha value is -1.19. The molecule has 0 aliphatic carbocycles. The van der Waals surface area contributed by atoms with Crippen molar-refractivity contribution in [3.63, 3.8) is 0 Å². The van der Waals surface area contributed by atoms with Gasteiger partial charge in [-0.2, -0.15) is 0 Å². The van der Waals surface area contributed by atoms with Crippen LogP contribution in [0, 0.1) is 0 Å². The van der Waals surface area contributed by atoms with Crippen molar-refractivity contribution in [2.75, 3.05) is 0 Å². The Bertz CT molecular complexity index is 338. The van der Waals surface area contributed by atoms with Gasteiger partial charge in [-0.05, 0) is 6.07 Å². The molecule has 0 fully saturated rings. The second-order valence-corrected chi connectivity index (χ2v) is 2.76. The Labute approximate surface area is 68.4 Å². The maximum Gasteiger partial charge on any atom is 0.271 e. The molecule has 0 atom stereocenters. The average Bonchev–Trinajstić information content (AvgIpc) is 1.92. The lowest BCUT2D eigenvalue weighted by molar-refractivity contribution is 0.0168. The molecule has 0 saturated heterocycles.